The fraction of sp³-hybridized carbons (Fsp3) is 0.368. The van der Waals surface area contributed by atoms with Gasteiger partial charge >= 0.3 is 5.97 Å². The number of halogens is 1. The summed E-state index contributed by atoms with van der Waals surface area (Å²) in [5.41, 5.74) is 2.34. The molecule has 1 spiro atoms. The number of carbonyl (C=O) groups is 2. The summed E-state index contributed by atoms with van der Waals surface area (Å²) < 4.78 is 5.39. The predicted molar refractivity (Wildman–Crippen MR) is 101 cm³/mol. The molecule has 1 aromatic heterocycles. The standard InChI is InChI=1S/C19H15IN2O4/c20-19-7-6-18(26-19)12(13(19)17(24)25)16(23)22-8-5-10-9-3-1-2-4-11(9)21-14(10)15(18)22/h1-4,6-7,12-13,15,21H,5,8H2,(H,24,25)/t12-,13+,15-,18-,19-/m1/s1. The number of hydrogen-bond donors (Lipinski definition) is 2. The lowest BCUT2D eigenvalue weighted by Gasteiger charge is -2.36. The molecule has 4 aliphatic heterocycles. The Balaban J connectivity index is 1.61. The molecule has 0 aliphatic carbocycles. The molecule has 4 aliphatic rings. The van der Waals surface area contributed by atoms with Crippen molar-refractivity contribution < 1.29 is 19.4 Å². The third-order valence-electron chi connectivity index (χ3n) is 6.42. The Morgan fingerprint density at radius 3 is 2.96 bits per heavy atom. The fourth-order valence-electron chi connectivity index (χ4n) is 5.49. The number of carboxylic acids is 1. The largest absolute Gasteiger partial charge is 0.481 e. The maximum absolute atomic E-state index is 13.2. The third kappa shape index (κ3) is 1.50. The minimum Gasteiger partial charge on any atom is -0.481 e. The second-order valence-corrected chi connectivity index (χ2v) is 9.21. The van der Waals surface area contributed by atoms with E-state index in [1.807, 2.05) is 57.8 Å². The molecule has 0 radical (unpaired) electrons. The van der Waals surface area contributed by atoms with E-state index in [1.54, 1.807) is 0 Å². The van der Waals surface area contributed by atoms with Crippen LogP contribution in [0.25, 0.3) is 10.9 Å². The zero-order chi connectivity index (χ0) is 17.8. The van der Waals surface area contributed by atoms with E-state index in [9.17, 15) is 14.7 Å². The molecule has 7 heteroatoms. The van der Waals surface area contributed by atoms with Crippen molar-refractivity contribution >= 4 is 45.4 Å². The van der Waals surface area contributed by atoms with E-state index in [0.717, 1.165) is 17.6 Å². The Hall–Kier alpha value is -1.87. The summed E-state index contributed by atoms with van der Waals surface area (Å²) in [4.78, 5) is 30.5. The zero-order valence-corrected chi connectivity index (χ0v) is 15.8. The Labute approximate surface area is 162 Å². The van der Waals surface area contributed by atoms with E-state index >= 15 is 0 Å². The first-order valence-electron chi connectivity index (χ1n) is 8.68. The van der Waals surface area contributed by atoms with Crippen LogP contribution >= 0.6 is 22.6 Å². The minimum absolute atomic E-state index is 0.102. The number of carbonyl (C=O) groups excluding carboxylic acids is 1. The van der Waals surface area contributed by atoms with Gasteiger partial charge in [0.25, 0.3) is 0 Å². The molecule has 5 atom stereocenters. The molecule has 2 saturated heterocycles. The van der Waals surface area contributed by atoms with Gasteiger partial charge in [-0.3, -0.25) is 9.59 Å². The summed E-state index contributed by atoms with van der Waals surface area (Å²) in [6.07, 6.45) is 4.53. The maximum Gasteiger partial charge on any atom is 0.311 e. The molecule has 1 amide bonds. The molecule has 26 heavy (non-hydrogen) atoms. The molecule has 132 valence electrons. The Bertz CT molecular complexity index is 1050. The first-order chi connectivity index (χ1) is 12.5. The van der Waals surface area contributed by atoms with Gasteiger partial charge in [0.05, 0.1) is 5.92 Å². The van der Waals surface area contributed by atoms with Crippen LogP contribution in [0.3, 0.4) is 0 Å². The second kappa shape index (κ2) is 4.51. The lowest BCUT2D eigenvalue weighted by Crippen LogP contribution is -2.42. The number of hydrogen-bond acceptors (Lipinski definition) is 3. The topological polar surface area (TPSA) is 82.6 Å². The van der Waals surface area contributed by atoms with Crippen LogP contribution in [0.2, 0.25) is 0 Å². The van der Waals surface area contributed by atoms with Gasteiger partial charge in [0.2, 0.25) is 5.91 Å². The quantitative estimate of drug-likeness (QED) is 0.388. The molecular formula is C19H15IN2O4. The number of carboxylic acid groups (broad SMARTS) is 1. The lowest BCUT2D eigenvalue weighted by atomic mass is 9.73. The molecule has 0 saturated carbocycles. The van der Waals surface area contributed by atoms with Gasteiger partial charge in [0.1, 0.15) is 17.6 Å². The van der Waals surface area contributed by atoms with Crippen molar-refractivity contribution in [1.82, 2.24) is 9.88 Å². The number of nitrogens with one attached hydrogen (secondary N) is 1. The van der Waals surface area contributed by atoms with E-state index in [4.69, 9.17) is 4.74 Å². The first-order valence-corrected chi connectivity index (χ1v) is 9.76. The number of aromatic nitrogens is 1. The lowest BCUT2D eigenvalue weighted by molar-refractivity contribution is -0.148. The average Bonchev–Trinajstić information content (AvgIpc) is 3.29. The Morgan fingerprint density at radius 2 is 2.15 bits per heavy atom. The Morgan fingerprint density at radius 1 is 1.35 bits per heavy atom. The van der Waals surface area contributed by atoms with Gasteiger partial charge in [0, 0.05) is 23.1 Å². The van der Waals surface area contributed by atoms with E-state index in [-0.39, 0.29) is 11.9 Å². The van der Waals surface area contributed by atoms with Crippen molar-refractivity contribution in [2.24, 2.45) is 11.8 Å². The van der Waals surface area contributed by atoms with Gasteiger partial charge < -0.3 is 19.7 Å². The number of ether oxygens (including phenoxy) is 1. The number of benzene rings is 1. The van der Waals surface area contributed by atoms with E-state index < -0.39 is 27.0 Å². The average molecular weight is 462 g/mol. The SMILES string of the molecule is O=C(O)[C@@H]1[C@@H]2C(=O)N3CCc4c([nH]c5ccccc45)[C@@H]3[C@@]23C=C[C@@]1(I)O3. The highest BCUT2D eigenvalue weighted by molar-refractivity contribution is 14.1. The molecule has 2 aromatic rings. The smallest absolute Gasteiger partial charge is 0.311 e. The highest BCUT2D eigenvalue weighted by Crippen LogP contribution is 2.66. The predicted octanol–water partition coefficient (Wildman–Crippen LogP) is 2.39. The van der Waals surface area contributed by atoms with Gasteiger partial charge in [-0.15, -0.1) is 0 Å². The van der Waals surface area contributed by atoms with Crippen molar-refractivity contribution in [1.29, 1.82) is 0 Å². The van der Waals surface area contributed by atoms with Crippen LogP contribution in [0.1, 0.15) is 17.3 Å². The van der Waals surface area contributed by atoms with Crippen LogP contribution in [0.15, 0.2) is 36.4 Å². The van der Waals surface area contributed by atoms with Crippen LogP contribution < -0.4 is 0 Å². The monoisotopic (exact) mass is 462 g/mol. The number of H-pyrrole nitrogens is 1. The Kier molecular flexibility index (Phi) is 2.64. The number of aliphatic carboxylic acids is 1. The van der Waals surface area contributed by atoms with Crippen molar-refractivity contribution in [2.45, 2.75) is 21.7 Å². The van der Waals surface area contributed by atoms with Crippen LogP contribution in [0.4, 0.5) is 0 Å². The van der Waals surface area contributed by atoms with Crippen molar-refractivity contribution in [2.75, 3.05) is 6.54 Å². The van der Waals surface area contributed by atoms with Gasteiger partial charge in [-0.25, -0.2) is 0 Å². The van der Waals surface area contributed by atoms with E-state index in [1.165, 1.54) is 10.9 Å². The highest BCUT2D eigenvalue weighted by Gasteiger charge is 2.76. The summed E-state index contributed by atoms with van der Waals surface area (Å²) in [6, 6.07) is 7.83. The molecule has 6 rings (SSSR count). The highest BCUT2D eigenvalue weighted by atomic mass is 127. The fourth-order valence-corrected chi connectivity index (χ4v) is 6.68. The normalized spacial score (nSPS) is 39.3. The number of alkyl halides is 1. The number of nitrogens with zero attached hydrogens (tertiary/aromatic N) is 1. The summed E-state index contributed by atoms with van der Waals surface area (Å²) in [5.74, 6) is -2.61. The van der Waals surface area contributed by atoms with Crippen LogP contribution in [0, 0.1) is 11.8 Å². The summed E-state index contributed by atoms with van der Waals surface area (Å²) >= 11 is 2.05. The molecule has 6 nitrogen and oxygen atoms in total. The van der Waals surface area contributed by atoms with Gasteiger partial charge in [0.15, 0.2) is 3.61 Å². The van der Waals surface area contributed by atoms with Crippen molar-refractivity contribution in [3.8, 4) is 0 Å². The van der Waals surface area contributed by atoms with Crippen molar-refractivity contribution in [3.63, 3.8) is 0 Å². The number of para-hydroxylation sites is 1. The zero-order valence-electron chi connectivity index (χ0n) is 13.6. The van der Waals surface area contributed by atoms with E-state index in [0.29, 0.717) is 6.54 Å². The number of aromatic amines is 1. The van der Waals surface area contributed by atoms with Gasteiger partial charge in [-0.2, -0.15) is 0 Å². The van der Waals surface area contributed by atoms with Crippen LogP contribution in [-0.2, 0) is 20.7 Å². The summed E-state index contributed by atoms with van der Waals surface area (Å²) in [6.45, 7) is 0.592. The number of rotatable bonds is 1. The second-order valence-electron chi connectivity index (χ2n) is 7.53. The van der Waals surface area contributed by atoms with E-state index in [2.05, 4.69) is 11.1 Å². The first kappa shape index (κ1) is 15.2. The van der Waals surface area contributed by atoms with Gasteiger partial charge in [-0.05, 0) is 52.8 Å². The molecular weight excluding hydrogens is 447 g/mol. The molecule has 2 fully saturated rings. The number of fused-ring (bicyclic) bond motifs is 6. The number of amides is 1. The molecule has 2 bridgehead atoms. The summed E-state index contributed by atoms with van der Waals surface area (Å²) in [5, 5.41) is 11.0. The third-order valence-corrected chi connectivity index (χ3v) is 7.68. The van der Waals surface area contributed by atoms with Gasteiger partial charge in [-0.1, -0.05) is 18.2 Å². The van der Waals surface area contributed by atoms with Crippen molar-refractivity contribution in [3.05, 3.63) is 47.7 Å². The molecule has 1 aromatic carbocycles. The van der Waals surface area contributed by atoms with Crippen LogP contribution in [0.5, 0.6) is 0 Å². The molecule has 2 N–H and O–H groups in total. The summed E-state index contributed by atoms with van der Waals surface area (Å²) in [7, 11) is 0. The molecule has 5 heterocycles. The maximum atomic E-state index is 13.2. The van der Waals surface area contributed by atoms with Crippen LogP contribution in [-0.4, -0.2) is 42.6 Å². The minimum atomic E-state index is -0.972. The molecule has 0 unspecified atom stereocenters.